The Morgan fingerprint density at radius 2 is 1.95 bits per heavy atom. The molecule has 1 rings (SSSR count). The number of nitrogens with zero attached hydrogens (tertiary/aromatic N) is 1. The number of rotatable bonds is 5. The van der Waals surface area contributed by atoms with E-state index in [9.17, 15) is 13.2 Å². The van der Waals surface area contributed by atoms with Crippen LogP contribution in [0.15, 0.2) is 41.8 Å². The molecule has 0 saturated heterocycles. The minimum Gasteiger partial charge on any atom is -0.295 e. The predicted octanol–water partition coefficient (Wildman–Crippen LogP) is 2.86. The van der Waals surface area contributed by atoms with Crippen molar-refractivity contribution in [2.45, 2.75) is 38.1 Å². The Hall–Kier alpha value is -1.46. The number of hydrogen-bond donors (Lipinski definition) is 0. The third kappa shape index (κ3) is 3.55. The molecule has 0 heterocycles. The molecule has 0 unspecified atom stereocenters. The second-order valence-corrected chi connectivity index (χ2v) is 7.44. The summed E-state index contributed by atoms with van der Waals surface area (Å²) >= 11 is 0. The van der Waals surface area contributed by atoms with Crippen molar-refractivity contribution in [3.05, 3.63) is 42.5 Å². The number of Topliss-reactive ketones (excluding diaryl/α,β-unsaturated/α-hetero) is 1. The van der Waals surface area contributed by atoms with Crippen LogP contribution in [0.1, 0.15) is 38.1 Å². The van der Waals surface area contributed by atoms with E-state index in [0.29, 0.717) is 5.56 Å². The highest BCUT2D eigenvalue weighted by Crippen LogP contribution is 2.24. The molecule has 0 aliphatic heterocycles. The molecule has 0 N–H and O–H groups in total. The topological polar surface area (TPSA) is 54.5 Å². The summed E-state index contributed by atoms with van der Waals surface area (Å²) in [4.78, 5) is 11.5. The van der Waals surface area contributed by atoms with Crippen LogP contribution in [0.4, 0.5) is 0 Å². The zero-order valence-electron chi connectivity index (χ0n) is 12.4. The molecule has 110 valence electrons. The van der Waals surface area contributed by atoms with Crippen molar-refractivity contribution in [1.82, 2.24) is 4.31 Å². The van der Waals surface area contributed by atoms with Crippen molar-refractivity contribution in [2.75, 3.05) is 6.54 Å². The molecule has 0 spiro atoms. The van der Waals surface area contributed by atoms with Gasteiger partial charge in [-0.05, 0) is 39.8 Å². The summed E-state index contributed by atoms with van der Waals surface area (Å²) in [7, 11) is -3.67. The molecule has 5 heteroatoms. The maximum atomic E-state index is 12.7. The average molecular weight is 295 g/mol. The molecule has 0 amide bonds. The van der Waals surface area contributed by atoms with Gasteiger partial charge in [0.25, 0.3) is 0 Å². The van der Waals surface area contributed by atoms with Crippen LogP contribution in [-0.4, -0.2) is 30.6 Å². The third-order valence-electron chi connectivity index (χ3n) is 2.87. The molecular formula is C15H21NO3S. The van der Waals surface area contributed by atoms with Gasteiger partial charge >= 0.3 is 0 Å². The molecule has 0 fully saturated rings. The first kappa shape index (κ1) is 16.6. The number of benzene rings is 1. The standard InChI is InChI=1S/C15H21NO3S/c1-6-10-16(15(3,4)5)20(18,19)14-9-7-8-13(11-14)12(2)17/h6-9,11H,1,10H2,2-5H3. The molecule has 0 radical (unpaired) electrons. The van der Waals surface area contributed by atoms with Crippen molar-refractivity contribution in [1.29, 1.82) is 0 Å². The zero-order valence-corrected chi connectivity index (χ0v) is 13.2. The van der Waals surface area contributed by atoms with Crippen molar-refractivity contribution >= 4 is 15.8 Å². The van der Waals surface area contributed by atoms with Crippen molar-refractivity contribution in [2.24, 2.45) is 0 Å². The van der Waals surface area contributed by atoms with Gasteiger partial charge in [0, 0.05) is 17.6 Å². The Bertz CT molecular complexity index is 612. The van der Waals surface area contributed by atoms with E-state index < -0.39 is 15.6 Å². The van der Waals surface area contributed by atoms with Gasteiger partial charge in [-0.2, -0.15) is 4.31 Å². The van der Waals surface area contributed by atoms with Crippen LogP contribution in [0, 0.1) is 0 Å². The van der Waals surface area contributed by atoms with E-state index >= 15 is 0 Å². The molecule has 0 atom stereocenters. The minimum absolute atomic E-state index is 0.127. The van der Waals surface area contributed by atoms with Crippen molar-refractivity contribution < 1.29 is 13.2 Å². The molecule has 1 aromatic carbocycles. The van der Waals surface area contributed by atoms with Gasteiger partial charge in [-0.25, -0.2) is 8.42 Å². The fourth-order valence-corrected chi connectivity index (χ4v) is 3.66. The minimum atomic E-state index is -3.67. The zero-order chi connectivity index (χ0) is 15.6. The third-order valence-corrected chi connectivity index (χ3v) is 5.00. The monoisotopic (exact) mass is 295 g/mol. The molecule has 20 heavy (non-hydrogen) atoms. The van der Waals surface area contributed by atoms with Crippen LogP contribution in [0.2, 0.25) is 0 Å². The van der Waals surface area contributed by atoms with Crippen LogP contribution < -0.4 is 0 Å². The first-order valence-electron chi connectivity index (χ1n) is 6.35. The molecule has 0 bridgehead atoms. The molecule has 0 aliphatic carbocycles. The first-order chi connectivity index (χ1) is 9.10. The van der Waals surface area contributed by atoms with Crippen LogP contribution in [-0.2, 0) is 10.0 Å². The summed E-state index contributed by atoms with van der Waals surface area (Å²) in [5.41, 5.74) is -0.183. The number of hydrogen-bond acceptors (Lipinski definition) is 3. The Balaban J connectivity index is 3.37. The maximum absolute atomic E-state index is 12.7. The van der Waals surface area contributed by atoms with E-state index in [4.69, 9.17) is 0 Å². The summed E-state index contributed by atoms with van der Waals surface area (Å²) < 4.78 is 26.8. The second kappa shape index (κ2) is 5.89. The Morgan fingerprint density at radius 3 is 2.40 bits per heavy atom. The smallest absolute Gasteiger partial charge is 0.243 e. The highest BCUT2D eigenvalue weighted by molar-refractivity contribution is 7.89. The van der Waals surface area contributed by atoms with Gasteiger partial charge in [0.05, 0.1) is 4.90 Å². The molecule has 1 aromatic rings. The first-order valence-corrected chi connectivity index (χ1v) is 7.79. The lowest BCUT2D eigenvalue weighted by Gasteiger charge is -2.33. The number of carbonyl (C=O) groups excluding carboxylic acids is 1. The molecule has 0 aliphatic rings. The van der Waals surface area contributed by atoms with Gasteiger partial charge < -0.3 is 0 Å². The predicted molar refractivity (Wildman–Crippen MR) is 80.3 cm³/mol. The highest BCUT2D eigenvalue weighted by atomic mass is 32.2. The Morgan fingerprint density at radius 1 is 1.35 bits per heavy atom. The second-order valence-electron chi connectivity index (χ2n) is 5.58. The molecule has 0 saturated carbocycles. The Labute approximate surface area is 121 Å². The normalized spacial score (nSPS) is 12.4. The Kier molecular flexibility index (Phi) is 4.89. The summed E-state index contributed by atoms with van der Waals surface area (Å²) in [6.45, 7) is 10.7. The van der Waals surface area contributed by atoms with Gasteiger partial charge in [0.2, 0.25) is 10.0 Å². The van der Waals surface area contributed by atoms with Crippen molar-refractivity contribution in [3.63, 3.8) is 0 Å². The molecule has 4 nitrogen and oxygen atoms in total. The van der Waals surface area contributed by atoms with Crippen LogP contribution in [0.3, 0.4) is 0 Å². The number of carbonyl (C=O) groups is 1. The van der Waals surface area contributed by atoms with Crippen LogP contribution >= 0.6 is 0 Å². The molecule has 0 aromatic heterocycles. The lowest BCUT2D eigenvalue weighted by molar-refractivity contribution is 0.101. The summed E-state index contributed by atoms with van der Waals surface area (Å²) in [6.07, 6.45) is 1.55. The average Bonchev–Trinajstić information content (AvgIpc) is 2.34. The number of ketones is 1. The summed E-state index contributed by atoms with van der Waals surface area (Å²) in [5, 5.41) is 0. The fraction of sp³-hybridized carbons (Fsp3) is 0.400. The van der Waals surface area contributed by atoms with Gasteiger partial charge in [-0.3, -0.25) is 4.79 Å². The summed E-state index contributed by atoms with van der Waals surface area (Å²) in [5.74, 6) is -0.159. The van der Waals surface area contributed by atoms with Crippen LogP contribution in [0.5, 0.6) is 0 Å². The van der Waals surface area contributed by atoms with Gasteiger partial charge in [-0.1, -0.05) is 18.2 Å². The van der Waals surface area contributed by atoms with E-state index in [0.717, 1.165) is 0 Å². The van der Waals surface area contributed by atoms with E-state index in [-0.39, 0.29) is 17.2 Å². The summed E-state index contributed by atoms with van der Waals surface area (Å²) in [6, 6.07) is 6.11. The fourth-order valence-electron chi connectivity index (χ4n) is 1.85. The van der Waals surface area contributed by atoms with Crippen LogP contribution in [0.25, 0.3) is 0 Å². The van der Waals surface area contributed by atoms with E-state index in [2.05, 4.69) is 6.58 Å². The van der Waals surface area contributed by atoms with Crippen molar-refractivity contribution in [3.8, 4) is 0 Å². The molecular weight excluding hydrogens is 274 g/mol. The number of sulfonamides is 1. The van der Waals surface area contributed by atoms with E-state index in [1.54, 1.807) is 18.2 Å². The highest BCUT2D eigenvalue weighted by Gasteiger charge is 2.33. The largest absolute Gasteiger partial charge is 0.295 e. The van der Waals surface area contributed by atoms with Gasteiger partial charge in [0.15, 0.2) is 5.78 Å². The van der Waals surface area contributed by atoms with Gasteiger partial charge in [-0.15, -0.1) is 6.58 Å². The lowest BCUT2D eigenvalue weighted by atomic mass is 10.1. The quantitative estimate of drug-likeness (QED) is 0.620. The van der Waals surface area contributed by atoms with E-state index in [1.165, 1.54) is 23.4 Å². The maximum Gasteiger partial charge on any atom is 0.243 e. The van der Waals surface area contributed by atoms with E-state index in [1.807, 2.05) is 20.8 Å². The SMILES string of the molecule is C=CCN(C(C)(C)C)S(=O)(=O)c1cccc(C(C)=O)c1. The lowest BCUT2D eigenvalue weighted by Crippen LogP contribution is -2.45. The van der Waals surface area contributed by atoms with Gasteiger partial charge in [0.1, 0.15) is 0 Å².